The Hall–Kier alpha value is -3.39. The van der Waals surface area contributed by atoms with E-state index in [2.05, 4.69) is 20.5 Å². The summed E-state index contributed by atoms with van der Waals surface area (Å²) in [7, 11) is 0. The number of hydrogen-bond donors (Lipinski definition) is 2. The van der Waals surface area contributed by atoms with Crippen LogP contribution in [0.1, 0.15) is 12.5 Å². The number of nitrogens with one attached hydrogen (secondary N) is 2. The number of aromatic amines is 1. The van der Waals surface area contributed by atoms with Crippen LogP contribution >= 0.6 is 11.8 Å². The van der Waals surface area contributed by atoms with Gasteiger partial charge in [-0.25, -0.2) is 15.4 Å². The van der Waals surface area contributed by atoms with Crippen LogP contribution in [0.4, 0.5) is 4.79 Å². The molecule has 1 aliphatic heterocycles. The van der Waals surface area contributed by atoms with Gasteiger partial charge in [0.25, 0.3) is 5.24 Å². The monoisotopic (exact) mass is 388 g/mol. The number of thioether (sulfide) groups is 1. The van der Waals surface area contributed by atoms with Crippen LogP contribution in [0.25, 0.3) is 28.1 Å². The Balaban J connectivity index is 1.48. The van der Waals surface area contributed by atoms with Gasteiger partial charge in [-0.3, -0.25) is 4.79 Å². The summed E-state index contributed by atoms with van der Waals surface area (Å²) in [6.07, 6.45) is 5.44. The Kier molecular flexibility index (Phi) is 3.98. The number of carbonyl (C=O) groups excluding carboxylic acids is 1. The zero-order chi connectivity index (χ0) is 19.1. The van der Waals surface area contributed by atoms with Gasteiger partial charge < -0.3 is 9.55 Å². The number of amides is 1. The lowest BCUT2D eigenvalue weighted by atomic mass is 10.1. The first-order chi connectivity index (χ1) is 13.7. The third-order valence-corrected chi connectivity index (χ3v) is 5.54. The highest BCUT2D eigenvalue weighted by molar-refractivity contribution is 8.14. The molecule has 2 aromatic carbocycles. The lowest BCUT2D eigenvalue weighted by Crippen LogP contribution is -2.29. The quantitative estimate of drug-likeness (QED) is 0.556. The SMILES string of the molecule is CC1SC(=O)NN=C1c1ccc2[nH]c(-c3ccc(-n4ccnc4)cc3)nc2c1. The van der Waals surface area contributed by atoms with Crippen LogP contribution in [-0.2, 0) is 0 Å². The summed E-state index contributed by atoms with van der Waals surface area (Å²) in [4.78, 5) is 23.6. The molecule has 4 aromatic rings. The van der Waals surface area contributed by atoms with Crippen LogP contribution in [0, 0.1) is 0 Å². The van der Waals surface area contributed by atoms with Crippen LogP contribution in [0.5, 0.6) is 0 Å². The fourth-order valence-corrected chi connectivity index (χ4v) is 3.96. The maximum absolute atomic E-state index is 11.4. The van der Waals surface area contributed by atoms with Crippen LogP contribution in [-0.4, -0.2) is 35.7 Å². The summed E-state index contributed by atoms with van der Waals surface area (Å²) < 4.78 is 1.96. The van der Waals surface area contributed by atoms with E-state index >= 15 is 0 Å². The second-order valence-corrected chi connectivity index (χ2v) is 7.80. The lowest BCUT2D eigenvalue weighted by molar-refractivity contribution is 0.261. The van der Waals surface area contributed by atoms with Gasteiger partial charge in [0.2, 0.25) is 0 Å². The standard InChI is InChI=1S/C20H16N6OS/c1-12-18(24-25-20(27)28-12)14-4-7-16-17(10-14)23-19(22-16)13-2-5-15(6-3-13)26-9-8-21-11-26/h2-12H,1H3,(H,22,23)(H,25,27). The number of imidazole rings is 2. The maximum Gasteiger partial charge on any atom is 0.299 e. The minimum atomic E-state index is -0.126. The predicted octanol–water partition coefficient (Wildman–Crippen LogP) is 3.96. The maximum atomic E-state index is 11.4. The molecule has 0 saturated carbocycles. The fourth-order valence-electron chi connectivity index (χ4n) is 3.24. The smallest absolute Gasteiger partial charge is 0.299 e. The molecule has 0 saturated heterocycles. The topological polar surface area (TPSA) is 88.0 Å². The van der Waals surface area contributed by atoms with Crippen LogP contribution < -0.4 is 5.43 Å². The van der Waals surface area contributed by atoms with Gasteiger partial charge in [-0.2, -0.15) is 5.10 Å². The Morgan fingerprint density at radius 1 is 1.11 bits per heavy atom. The third kappa shape index (κ3) is 2.97. The molecule has 0 bridgehead atoms. The van der Waals surface area contributed by atoms with Crippen molar-refractivity contribution in [2.75, 3.05) is 0 Å². The first-order valence-corrected chi connectivity index (χ1v) is 9.68. The van der Waals surface area contributed by atoms with Gasteiger partial charge in [-0.1, -0.05) is 17.8 Å². The average molecular weight is 388 g/mol. The minimum absolute atomic E-state index is 0.000308. The zero-order valence-electron chi connectivity index (χ0n) is 15.0. The summed E-state index contributed by atoms with van der Waals surface area (Å²) in [6, 6.07) is 14.1. The molecular formula is C20H16N6OS. The highest BCUT2D eigenvalue weighted by Crippen LogP contribution is 2.26. The number of benzene rings is 2. The van der Waals surface area contributed by atoms with E-state index in [1.54, 1.807) is 12.5 Å². The molecule has 1 unspecified atom stereocenters. The lowest BCUT2D eigenvalue weighted by Gasteiger charge is -2.18. The molecule has 0 spiro atoms. The van der Waals surface area contributed by atoms with Crippen LogP contribution in [0.15, 0.2) is 66.3 Å². The van der Waals surface area contributed by atoms with E-state index in [9.17, 15) is 4.79 Å². The normalized spacial score (nSPS) is 16.8. The predicted molar refractivity (Wildman–Crippen MR) is 111 cm³/mol. The van der Waals surface area contributed by atoms with Gasteiger partial charge in [0, 0.05) is 29.2 Å². The van der Waals surface area contributed by atoms with Crippen molar-refractivity contribution >= 4 is 33.7 Å². The molecule has 0 radical (unpaired) electrons. The largest absolute Gasteiger partial charge is 0.338 e. The number of hydrazone groups is 1. The minimum Gasteiger partial charge on any atom is -0.338 e. The number of carbonyl (C=O) groups is 1. The van der Waals surface area contributed by atoms with Crippen molar-refractivity contribution in [2.45, 2.75) is 12.2 Å². The van der Waals surface area contributed by atoms with Gasteiger partial charge in [0.05, 0.1) is 28.3 Å². The molecule has 2 aromatic heterocycles. The number of nitrogens with zero attached hydrogens (tertiary/aromatic N) is 4. The van der Waals surface area contributed by atoms with Crippen molar-refractivity contribution in [3.8, 4) is 17.1 Å². The fraction of sp³-hybridized carbons (Fsp3) is 0.100. The number of aromatic nitrogens is 4. The first kappa shape index (κ1) is 16.8. The van der Waals surface area contributed by atoms with Crippen molar-refractivity contribution in [3.63, 3.8) is 0 Å². The summed E-state index contributed by atoms with van der Waals surface area (Å²) >= 11 is 1.24. The number of hydrogen-bond acceptors (Lipinski definition) is 5. The van der Waals surface area contributed by atoms with Crippen molar-refractivity contribution in [2.24, 2.45) is 5.10 Å². The summed E-state index contributed by atoms with van der Waals surface area (Å²) in [6.45, 7) is 1.98. The first-order valence-electron chi connectivity index (χ1n) is 8.80. The van der Waals surface area contributed by atoms with E-state index < -0.39 is 0 Å². The molecule has 0 aliphatic carbocycles. The van der Waals surface area contributed by atoms with Crippen LogP contribution in [0.3, 0.4) is 0 Å². The van der Waals surface area contributed by atoms with Gasteiger partial charge in [-0.15, -0.1) is 0 Å². The molecule has 2 N–H and O–H groups in total. The second kappa shape index (κ2) is 6.65. The molecular weight excluding hydrogens is 372 g/mol. The number of H-pyrrole nitrogens is 1. The van der Waals surface area contributed by atoms with E-state index in [4.69, 9.17) is 4.98 Å². The Morgan fingerprint density at radius 2 is 1.93 bits per heavy atom. The average Bonchev–Trinajstić information content (AvgIpc) is 3.37. The summed E-state index contributed by atoms with van der Waals surface area (Å²) in [5.74, 6) is 0.811. The number of rotatable bonds is 3. The third-order valence-electron chi connectivity index (χ3n) is 4.66. The van der Waals surface area contributed by atoms with Crippen molar-refractivity contribution in [3.05, 3.63) is 66.7 Å². The van der Waals surface area contributed by atoms with E-state index in [0.29, 0.717) is 0 Å². The molecule has 0 fully saturated rings. The second-order valence-electron chi connectivity index (χ2n) is 6.49. The van der Waals surface area contributed by atoms with E-state index in [-0.39, 0.29) is 10.5 Å². The van der Waals surface area contributed by atoms with Gasteiger partial charge in [0.1, 0.15) is 5.82 Å². The molecule has 1 aliphatic rings. The highest BCUT2D eigenvalue weighted by Gasteiger charge is 2.22. The van der Waals surface area contributed by atoms with Crippen LogP contribution in [0.2, 0.25) is 0 Å². The molecule has 1 atom stereocenters. The molecule has 28 heavy (non-hydrogen) atoms. The Bertz CT molecular complexity index is 1190. The van der Waals surface area contributed by atoms with Gasteiger partial charge in [-0.05, 0) is 43.3 Å². The molecule has 8 heteroatoms. The highest BCUT2D eigenvalue weighted by atomic mass is 32.2. The van der Waals surface area contributed by atoms with Gasteiger partial charge in [0.15, 0.2) is 0 Å². The van der Waals surface area contributed by atoms with E-state index in [1.807, 2.05) is 60.2 Å². The van der Waals surface area contributed by atoms with E-state index in [1.165, 1.54) is 11.8 Å². The summed E-state index contributed by atoms with van der Waals surface area (Å²) in [5, 5.41) is 4.09. The molecule has 5 rings (SSSR count). The van der Waals surface area contributed by atoms with E-state index in [0.717, 1.165) is 39.4 Å². The molecule has 3 heterocycles. The molecule has 7 nitrogen and oxygen atoms in total. The molecule has 138 valence electrons. The van der Waals surface area contributed by atoms with Gasteiger partial charge >= 0.3 is 0 Å². The number of fused-ring (bicyclic) bond motifs is 1. The Morgan fingerprint density at radius 3 is 2.68 bits per heavy atom. The summed E-state index contributed by atoms with van der Waals surface area (Å²) in [5.41, 5.74) is 8.21. The zero-order valence-corrected chi connectivity index (χ0v) is 15.8. The Labute approximate surface area is 164 Å². The van der Waals surface area contributed by atoms with Crippen molar-refractivity contribution < 1.29 is 4.79 Å². The van der Waals surface area contributed by atoms with Crippen molar-refractivity contribution in [1.29, 1.82) is 0 Å². The molecule has 1 amide bonds. The van der Waals surface area contributed by atoms with Crippen molar-refractivity contribution in [1.82, 2.24) is 24.9 Å².